The summed E-state index contributed by atoms with van der Waals surface area (Å²) in [5.74, 6) is 0. The molecule has 0 fully saturated rings. The molecule has 0 unspecified atom stereocenters. The molecule has 0 aliphatic heterocycles. The van der Waals surface area contributed by atoms with Gasteiger partial charge in [0.2, 0.25) is 0 Å². The van der Waals surface area contributed by atoms with E-state index in [0.717, 1.165) is 28.2 Å². The van der Waals surface area contributed by atoms with Crippen LogP contribution in [-0.4, -0.2) is 40.1 Å². The Labute approximate surface area is 147 Å². The molecule has 130 valence electrons. The highest BCUT2D eigenvalue weighted by Gasteiger charge is 2.10. The fourth-order valence-electron chi connectivity index (χ4n) is 2.72. The van der Waals surface area contributed by atoms with E-state index in [1.165, 1.54) is 0 Å². The van der Waals surface area contributed by atoms with E-state index in [-0.39, 0.29) is 6.61 Å². The summed E-state index contributed by atoms with van der Waals surface area (Å²) >= 11 is 0. The normalized spacial score (nSPS) is 10.7. The first-order valence-electron chi connectivity index (χ1n) is 8.26. The molecule has 2 N–H and O–H groups in total. The van der Waals surface area contributed by atoms with Crippen LogP contribution < -0.4 is 10.2 Å². The number of pyridine rings is 1. The van der Waals surface area contributed by atoms with Gasteiger partial charge in [-0.05, 0) is 36.4 Å². The summed E-state index contributed by atoms with van der Waals surface area (Å²) in [4.78, 5) is 6.20. The van der Waals surface area contributed by atoms with E-state index in [0.29, 0.717) is 13.1 Å². The third-order valence-electron chi connectivity index (χ3n) is 4.07. The molecule has 0 saturated carbocycles. The molecule has 6 heteroatoms. The second-order valence-electron chi connectivity index (χ2n) is 5.96. The average Bonchev–Trinajstić information content (AvgIpc) is 3.02. The van der Waals surface area contributed by atoms with Crippen LogP contribution in [0.4, 0.5) is 11.4 Å². The zero-order valence-corrected chi connectivity index (χ0v) is 14.6. The minimum atomic E-state index is 0.147. The number of hydrogen-bond acceptors (Lipinski definition) is 5. The zero-order valence-electron chi connectivity index (χ0n) is 14.6. The van der Waals surface area contributed by atoms with Crippen molar-refractivity contribution in [2.75, 3.05) is 30.4 Å². The molecule has 1 aromatic carbocycles. The monoisotopic (exact) mass is 337 g/mol. The average molecular weight is 337 g/mol. The van der Waals surface area contributed by atoms with Crippen LogP contribution in [0.25, 0.3) is 11.3 Å². The number of nitrogens with zero attached hydrogens (tertiary/aromatic N) is 4. The van der Waals surface area contributed by atoms with E-state index < -0.39 is 0 Å². The molecule has 0 aliphatic carbocycles. The number of benzene rings is 1. The Morgan fingerprint density at radius 2 is 2.00 bits per heavy atom. The summed E-state index contributed by atoms with van der Waals surface area (Å²) in [5, 5.41) is 17.0. The van der Waals surface area contributed by atoms with Crippen LogP contribution in [-0.2, 0) is 13.6 Å². The molecular weight excluding hydrogens is 314 g/mol. The van der Waals surface area contributed by atoms with Crippen LogP contribution in [0.1, 0.15) is 5.56 Å². The van der Waals surface area contributed by atoms with Gasteiger partial charge in [-0.25, -0.2) is 0 Å². The second kappa shape index (κ2) is 7.81. The van der Waals surface area contributed by atoms with Crippen LogP contribution in [0.15, 0.2) is 55.0 Å². The first-order chi connectivity index (χ1) is 12.2. The van der Waals surface area contributed by atoms with Crippen LogP contribution >= 0.6 is 0 Å². The van der Waals surface area contributed by atoms with Crippen molar-refractivity contribution in [1.82, 2.24) is 14.8 Å². The van der Waals surface area contributed by atoms with Crippen LogP contribution in [0.2, 0.25) is 0 Å². The highest BCUT2D eigenvalue weighted by Crippen LogP contribution is 2.22. The molecule has 0 saturated heterocycles. The van der Waals surface area contributed by atoms with Gasteiger partial charge in [0, 0.05) is 68.3 Å². The highest BCUT2D eigenvalue weighted by molar-refractivity contribution is 5.62. The standard InChI is InChI=1S/C19H23N5O/c1-23(10-11-25)18-7-5-17(6-8-18)21-13-16-14-24(2)22-19(16)15-4-3-9-20-12-15/h3-9,12,14,21,25H,10-11,13H2,1-2H3. The number of likely N-dealkylation sites (N-methyl/N-ethyl adjacent to an activating group) is 1. The number of aryl methyl sites for hydroxylation is 1. The number of rotatable bonds is 7. The molecule has 0 spiro atoms. The number of aliphatic hydroxyl groups is 1. The van der Waals surface area contributed by atoms with Gasteiger partial charge in [-0.3, -0.25) is 9.67 Å². The lowest BCUT2D eigenvalue weighted by molar-refractivity contribution is 0.304. The lowest BCUT2D eigenvalue weighted by Crippen LogP contribution is -2.20. The number of nitrogens with one attached hydrogen (secondary N) is 1. The molecule has 0 aliphatic rings. The Bertz CT molecular complexity index is 798. The molecule has 6 nitrogen and oxygen atoms in total. The van der Waals surface area contributed by atoms with Gasteiger partial charge in [0.1, 0.15) is 0 Å². The van der Waals surface area contributed by atoms with Gasteiger partial charge in [-0.15, -0.1) is 0 Å². The van der Waals surface area contributed by atoms with Gasteiger partial charge in [0.15, 0.2) is 0 Å². The van der Waals surface area contributed by atoms with Crippen molar-refractivity contribution in [3.05, 3.63) is 60.6 Å². The summed E-state index contributed by atoms with van der Waals surface area (Å²) in [5.41, 5.74) is 5.21. The van der Waals surface area contributed by atoms with Crippen molar-refractivity contribution in [2.45, 2.75) is 6.54 Å². The van der Waals surface area contributed by atoms with E-state index in [9.17, 15) is 0 Å². The second-order valence-corrected chi connectivity index (χ2v) is 5.96. The molecule has 2 aromatic heterocycles. The first kappa shape index (κ1) is 17.0. The number of aromatic nitrogens is 3. The fraction of sp³-hybridized carbons (Fsp3) is 0.263. The highest BCUT2D eigenvalue weighted by atomic mass is 16.3. The van der Waals surface area contributed by atoms with Crippen molar-refractivity contribution in [1.29, 1.82) is 0 Å². The molecule has 0 bridgehead atoms. The topological polar surface area (TPSA) is 66.2 Å². The number of hydrogen-bond donors (Lipinski definition) is 2. The first-order valence-corrected chi connectivity index (χ1v) is 8.26. The Kier molecular flexibility index (Phi) is 5.30. The molecule has 0 radical (unpaired) electrons. The number of anilines is 2. The fourth-order valence-corrected chi connectivity index (χ4v) is 2.72. The molecule has 3 rings (SSSR count). The Morgan fingerprint density at radius 3 is 2.68 bits per heavy atom. The van der Waals surface area contributed by atoms with Gasteiger partial charge in [-0.1, -0.05) is 0 Å². The largest absolute Gasteiger partial charge is 0.395 e. The lowest BCUT2D eigenvalue weighted by Gasteiger charge is -2.18. The van der Waals surface area contributed by atoms with E-state index in [1.807, 2.05) is 72.5 Å². The van der Waals surface area contributed by atoms with Gasteiger partial charge in [-0.2, -0.15) is 5.10 Å². The maximum Gasteiger partial charge on any atom is 0.0988 e. The molecule has 25 heavy (non-hydrogen) atoms. The minimum absolute atomic E-state index is 0.147. The van der Waals surface area contributed by atoms with E-state index in [1.54, 1.807) is 6.20 Å². The zero-order chi connectivity index (χ0) is 17.6. The van der Waals surface area contributed by atoms with Crippen molar-refractivity contribution in [3.63, 3.8) is 0 Å². The Morgan fingerprint density at radius 1 is 1.20 bits per heavy atom. The Hall–Kier alpha value is -2.86. The summed E-state index contributed by atoms with van der Waals surface area (Å²) in [6, 6.07) is 12.1. The van der Waals surface area contributed by atoms with Crippen LogP contribution in [0.5, 0.6) is 0 Å². The smallest absolute Gasteiger partial charge is 0.0988 e. The quantitative estimate of drug-likeness (QED) is 0.693. The van der Waals surface area contributed by atoms with Crippen LogP contribution in [0, 0.1) is 0 Å². The predicted octanol–water partition coefficient (Wildman–Crippen LogP) is 2.52. The number of aliphatic hydroxyl groups excluding tert-OH is 1. The third-order valence-corrected chi connectivity index (χ3v) is 4.07. The predicted molar refractivity (Wildman–Crippen MR) is 101 cm³/mol. The summed E-state index contributed by atoms with van der Waals surface area (Å²) in [6.07, 6.45) is 5.62. The van der Waals surface area contributed by atoms with E-state index >= 15 is 0 Å². The molecule has 3 aromatic rings. The lowest BCUT2D eigenvalue weighted by atomic mass is 10.1. The Balaban J connectivity index is 1.70. The summed E-state index contributed by atoms with van der Waals surface area (Å²) < 4.78 is 1.83. The van der Waals surface area contributed by atoms with Crippen molar-refractivity contribution >= 4 is 11.4 Å². The van der Waals surface area contributed by atoms with E-state index in [2.05, 4.69) is 15.4 Å². The maximum atomic E-state index is 9.02. The van der Waals surface area contributed by atoms with Gasteiger partial charge >= 0.3 is 0 Å². The van der Waals surface area contributed by atoms with Crippen LogP contribution in [0.3, 0.4) is 0 Å². The summed E-state index contributed by atoms with van der Waals surface area (Å²) in [7, 11) is 3.89. The van der Waals surface area contributed by atoms with Crippen molar-refractivity contribution in [2.24, 2.45) is 7.05 Å². The summed E-state index contributed by atoms with van der Waals surface area (Å²) in [6.45, 7) is 1.45. The van der Waals surface area contributed by atoms with Crippen molar-refractivity contribution in [3.8, 4) is 11.3 Å². The van der Waals surface area contributed by atoms with Gasteiger partial charge < -0.3 is 15.3 Å². The molecule has 0 atom stereocenters. The van der Waals surface area contributed by atoms with Crippen molar-refractivity contribution < 1.29 is 5.11 Å². The van der Waals surface area contributed by atoms with Gasteiger partial charge in [0.25, 0.3) is 0 Å². The molecule has 0 amide bonds. The molecular formula is C19H23N5O. The third kappa shape index (κ3) is 4.16. The van der Waals surface area contributed by atoms with E-state index in [4.69, 9.17) is 5.11 Å². The van der Waals surface area contributed by atoms with Gasteiger partial charge in [0.05, 0.1) is 12.3 Å². The minimum Gasteiger partial charge on any atom is -0.395 e. The maximum absolute atomic E-state index is 9.02. The SMILES string of the molecule is CN(CCO)c1ccc(NCc2cn(C)nc2-c2cccnc2)cc1. The molecule has 2 heterocycles.